The molecule has 7 heteroatoms. The van der Waals surface area contributed by atoms with Crippen molar-refractivity contribution < 1.29 is 18.7 Å². The minimum Gasteiger partial charge on any atom is -0.465 e. The van der Waals surface area contributed by atoms with Crippen LogP contribution in [0.5, 0.6) is 0 Å². The molecule has 1 aliphatic heterocycles. The summed E-state index contributed by atoms with van der Waals surface area (Å²) in [6.07, 6.45) is 0. The maximum Gasteiger partial charge on any atom is 0.339 e. The molecule has 1 unspecified atom stereocenters. The number of esters is 1. The van der Waals surface area contributed by atoms with Gasteiger partial charge in [-0.3, -0.25) is 4.79 Å². The minimum absolute atomic E-state index is 0.0967. The number of fused-ring (bicyclic) bond motifs is 1. The minimum atomic E-state index is -0.418. The molecule has 1 fully saturated rings. The summed E-state index contributed by atoms with van der Waals surface area (Å²) in [5, 5.41) is 3.93. The van der Waals surface area contributed by atoms with Crippen LogP contribution in [0.25, 0.3) is 22.3 Å². The normalized spacial score (nSPS) is 14.4. The molecule has 37 heavy (non-hydrogen) atoms. The number of para-hydroxylation sites is 1. The molecule has 1 aliphatic rings. The van der Waals surface area contributed by atoms with Gasteiger partial charge in [-0.1, -0.05) is 18.2 Å². The Morgan fingerprint density at radius 1 is 1.03 bits per heavy atom. The van der Waals surface area contributed by atoms with E-state index in [1.54, 1.807) is 18.2 Å². The smallest absolute Gasteiger partial charge is 0.339 e. The highest BCUT2D eigenvalue weighted by atomic mass is 16.5. The number of carbonyl (C=O) groups is 1. The molecule has 4 aromatic rings. The second kappa shape index (κ2) is 10.5. The van der Waals surface area contributed by atoms with Gasteiger partial charge in [-0.2, -0.15) is 0 Å². The van der Waals surface area contributed by atoms with Crippen molar-refractivity contribution in [2.24, 2.45) is 0 Å². The number of carbonyl (C=O) groups excluding carboxylic acids is 1. The zero-order chi connectivity index (χ0) is 25.9. The average molecular weight is 499 g/mol. The molecule has 0 spiro atoms. The number of benzene rings is 3. The molecule has 1 aromatic heterocycles. The van der Waals surface area contributed by atoms with E-state index in [1.807, 2.05) is 50.2 Å². The van der Waals surface area contributed by atoms with Crippen molar-refractivity contribution in [2.45, 2.75) is 19.9 Å². The number of nitrogens with one attached hydrogen (secondary N) is 1. The van der Waals surface area contributed by atoms with Gasteiger partial charge in [0.1, 0.15) is 11.3 Å². The predicted octanol–water partition coefficient (Wildman–Crippen LogP) is 5.56. The van der Waals surface area contributed by atoms with Crippen LogP contribution in [0.1, 0.15) is 34.5 Å². The fraction of sp³-hybridized carbons (Fsp3) is 0.267. The molecule has 0 bridgehead atoms. The van der Waals surface area contributed by atoms with Gasteiger partial charge in [-0.05, 0) is 61.9 Å². The first-order valence-corrected chi connectivity index (χ1v) is 12.4. The Balaban J connectivity index is 1.52. The number of aryl methyl sites for hydroxylation is 1. The van der Waals surface area contributed by atoms with E-state index in [1.165, 1.54) is 7.11 Å². The maximum absolute atomic E-state index is 13.2. The number of ether oxygens (including phenoxy) is 2. The first-order chi connectivity index (χ1) is 17.9. The third-order valence-electron chi connectivity index (χ3n) is 6.70. The highest BCUT2D eigenvalue weighted by Gasteiger charge is 2.19. The summed E-state index contributed by atoms with van der Waals surface area (Å²) in [5.41, 5.74) is 5.25. The standard InChI is InChI=1S/C30H30N2O5/c1-19-16-24(20(2)31-26-7-5-4-6-23(26)30(34)35-3)29-25(17-19)27(33)18-28(37-29)21-8-10-22(11-9-21)32-12-14-36-15-13-32/h4-11,16-18,20,31H,12-15H2,1-3H3. The molecule has 0 saturated carbocycles. The van der Waals surface area contributed by atoms with Crippen LogP contribution in [-0.2, 0) is 9.47 Å². The Labute approximate surface area is 215 Å². The maximum atomic E-state index is 13.2. The fourth-order valence-electron chi connectivity index (χ4n) is 4.76. The summed E-state index contributed by atoms with van der Waals surface area (Å²) in [6.45, 7) is 7.09. The van der Waals surface area contributed by atoms with E-state index in [9.17, 15) is 9.59 Å². The predicted molar refractivity (Wildman–Crippen MR) is 146 cm³/mol. The number of nitrogens with zero attached hydrogens (tertiary/aromatic N) is 1. The van der Waals surface area contributed by atoms with E-state index in [0.717, 1.165) is 48.7 Å². The molecule has 1 saturated heterocycles. The first-order valence-electron chi connectivity index (χ1n) is 12.4. The van der Waals surface area contributed by atoms with Crippen molar-refractivity contribution in [1.29, 1.82) is 0 Å². The molecule has 1 atom stereocenters. The van der Waals surface area contributed by atoms with Gasteiger partial charge >= 0.3 is 5.97 Å². The number of hydrogen-bond donors (Lipinski definition) is 1. The Kier molecular flexibility index (Phi) is 6.97. The fourth-order valence-corrected chi connectivity index (χ4v) is 4.76. The number of rotatable bonds is 6. The van der Waals surface area contributed by atoms with Gasteiger partial charge in [0.2, 0.25) is 0 Å². The average Bonchev–Trinajstić information content (AvgIpc) is 2.93. The first kappa shape index (κ1) is 24.6. The number of hydrogen-bond acceptors (Lipinski definition) is 7. The summed E-state index contributed by atoms with van der Waals surface area (Å²) in [6, 6.07) is 20.4. The monoisotopic (exact) mass is 498 g/mol. The number of methoxy groups -OCH3 is 1. The van der Waals surface area contributed by atoms with Gasteiger partial charge in [0.05, 0.1) is 37.3 Å². The topological polar surface area (TPSA) is 81.0 Å². The van der Waals surface area contributed by atoms with Crippen LogP contribution >= 0.6 is 0 Å². The van der Waals surface area contributed by atoms with Gasteiger partial charge in [-0.15, -0.1) is 0 Å². The second-order valence-corrected chi connectivity index (χ2v) is 9.26. The molecule has 0 radical (unpaired) electrons. The van der Waals surface area contributed by atoms with Crippen molar-refractivity contribution in [3.63, 3.8) is 0 Å². The van der Waals surface area contributed by atoms with Crippen LogP contribution in [0.15, 0.2) is 75.9 Å². The molecule has 5 rings (SSSR count). The quantitative estimate of drug-likeness (QED) is 0.348. The van der Waals surface area contributed by atoms with Gasteiger partial charge in [0, 0.05) is 41.7 Å². The summed E-state index contributed by atoms with van der Waals surface area (Å²) < 4.78 is 16.8. The van der Waals surface area contributed by atoms with Crippen molar-refractivity contribution in [3.8, 4) is 11.3 Å². The van der Waals surface area contributed by atoms with E-state index in [0.29, 0.717) is 28.0 Å². The highest BCUT2D eigenvalue weighted by molar-refractivity contribution is 5.95. The van der Waals surface area contributed by atoms with Crippen molar-refractivity contribution >= 4 is 28.3 Å². The van der Waals surface area contributed by atoms with Crippen LogP contribution in [-0.4, -0.2) is 39.4 Å². The Hall–Kier alpha value is -4.10. The largest absolute Gasteiger partial charge is 0.465 e. The van der Waals surface area contributed by atoms with E-state index < -0.39 is 5.97 Å². The summed E-state index contributed by atoms with van der Waals surface area (Å²) >= 11 is 0. The van der Waals surface area contributed by atoms with Gasteiger partial charge in [0.25, 0.3) is 0 Å². The van der Waals surface area contributed by atoms with Gasteiger partial charge < -0.3 is 24.1 Å². The summed E-state index contributed by atoms with van der Waals surface area (Å²) in [4.78, 5) is 27.7. The van der Waals surface area contributed by atoms with Crippen molar-refractivity contribution in [2.75, 3.05) is 43.6 Å². The number of anilines is 2. The van der Waals surface area contributed by atoms with Crippen LogP contribution < -0.4 is 15.6 Å². The zero-order valence-electron chi connectivity index (χ0n) is 21.2. The third-order valence-corrected chi connectivity index (χ3v) is 6.70. The molecule has 2 heterocycles. The summed E-state index contributed by atoms with van der Waals surface area (Å²) in [7, 11) is 1.36. The highest BCUT2D eigenvalue weighted by Crippen LogP contribution is 2.32. The SMILES string of the molecule is COC(=O)c1ccccc1NC(C)c1cc(C)cc2c(=O)cc(-c3ccc(N4CCOCC4)cc3)oc12. The van der Waals surface area contributed by atoms with Gasteiger partial charge in [-0.25, -0.2) is 4.79 Å². The second-order valence-electron chi connectivity index (χ2n) is 9.26. The lowest BCUT2D eigenvalue weighted by atomic mass is 10.00. The molecule has 3 aromatic carbocycles. The van der Waals surface area contributed by atoms with E-state index in [2.05, 4.69) is 22.3 Å². The third kappa shape index (κ3) is 5.08. The molecule has 7 nitrogen and oxygen atoms in total. The lowest BCUT2D eigenvalue weighted by Gasteiger charge is -2.28. The van der Waals surface area contributed by atoms with Crippen molar-refractivity contribution in [1.82, 2.24) is 0 Å². The molecule has 0 aliphatic carbocycles. The molecular weight excluding hydrogens is 468 g/mol. The zero-order valence-corrected chi connectivity index (χ0v) is 21.2. The van der Waals surface area contributed by atoms with Crippen LogP contribution in [0.3, 0.4) is 0 Å². The van der Waals surface area contributed by atoms with E-state index in [-0.39, 0.29) is 11.5 Å². The van der Waals surface area contributed by atoms with E-state index >= 15 is 0 Å². The molecule has 0 amide bonds. The molecule has 190 valence electrons. The Morgan fingerprint density at radius 2 is 1.76 bits per heavy atom. The molecular formula is C30H30N2O5. The Bertz CT molecular complexity index is 1490. The lowest BCUT2D eigenvalue weighted by Crippen LogP contribution is -2.36. The lowest BCUT2D eigenvalue weighted by molar-refractivity contribution is 0.0601. The Morgan fingerprint density at radius 3 is 2.49 bits per heavy atom. The van der Waals surface area contributed by atoms with Gasteiger partial charge in [0.15, 0.2) is 5.43 Å². The van der Waals surface area contributed by atoms with Crippen LogP contribution in [0, 0.1) is 6.92 Å². The summed E-state index contributed by atoms with van der Waals surface area (Å²) in [5.74, 6) is 0.0945. The van der Waals surface area contributed by atoms with Crippen molar-refractivity contribution in [3.05, 3.63) is 93.6 Å². The van der Waals surface area contributed by atoms with E-state index in [4.69, 9.17) is 13.9 Å². The van der Waals surface area contributed by atoms with Crippen LogP contribution in [0.4, 0.5) is 11.4 Å². The molecule has 1 N–H and O–H groups in total. The number of morpholine rings is 1. The van der Waals surface area contributed by atoms with Crippen LogP contribution in [0.2, 0.25) is 0 Å².